The first-order chi connectivity index (χ1) is 10.4. The minimum Gasteiger partial charge on any atom is -0.447 e. The normalized spacial score (nSPS) is 14.1. The number of cyclic esters (lactones) is 1. The molecule has 0 spiro atoms. The Bertz CT molecular complexity index is 629. The molecule has 1 aliphatic rings. The quantitative estimate of drug-likeness (QED) is 0.845. The van der Waals surface area contributed by atoms with Crippen molar-refractivity contribution in [3.8, 4) is 11.8 Å². The topological polar surface area (TPSA) is 58.6 Å². The van der Waals surface area contributed by atoms with Crippen molar-refractivity contribution in [1.29, 1.82) is 0 Å². The third-order valence-corrected chi connectivity index (χ3v) is 2.77. The molecule has 116 valence electrons. The molecule has 0 aromatic heterocycles. The smallest absolute Gasteiger partial charge is 0.447 e. The standard InChI is InChI=1S/C14H11F3N2O3/c15-14(16,17)12(20)18-7-1-2-10-3-5-11(6-4-10)19-8-9-22-13(19)21/h3-6H,7-9H2,(H,18,20). The molecule has 0 unspecified atom stereocenters. The predicted octanol–water partition coefficient (Wildman–Crippen LogP) is 1.67. The number of alkyl halides is 3. The minimum atomic E-state index is -4.91. The van der Waals surface area contributed by atoms with E-state index in [-0.39, 0.29) is 0 Å². The molecule has 2 amide bonds. The number of nitrogens with one attached hydrogen (secondary N) is 1. The summed E-state index contributed by atoms with van der Waals surface area (Å²) >= 11 is 0. The van der Waals surface area contributed by atoms with Crippen LogP contribution >= 0.6 is 0 Å². The lowest BCUT2D eigenvalue weighted by Crippen LogP contribution is -2.36. The molecule has 0 radical (unpaired) electrons. The van der Waals surface area contributed by atoms with Gasteiger partial charge in [0.25, 0.3) is 0 Å². The minimum absolute atomic E-state index is 0.333. The molecule has 2 rings (SSSR count). The van der Waals surface area contributed by atoms with E-state index in [2.05, 4.69) is 11.8 Å². The fourth-order valence-electron chi connectivity index (χ4n) is 1.72. The SMILES string of the molecule is O=C1OCCN1c1ccc(C#CCNC(=O)C(F)(F)F)cc1. The summed E-state index contributed by atoms with van der Waals surface area (Å²) in [5.74, 6) is 3.01. The van der Waals surface area contributed by atoms with Crippen LogP contribution in [0.25, 0.3) is 0 Å². The molecule has 0 aliphatic carbocycles. The van der Waals surface area contributed by atoms with Crippen LogP contribution in [-0.2, 0) is 9.53 Å². The molecule has 1 aromatic rings. The lowest BCUT2D eigenvalue weighted by Gasteiger charge is -2.11. The molecule has 5 nitrogen and oxygen atoms in total. The molecule has 1 fully saturated rings. The van der Waals surface area contributed by atoms with Gasteiger partial charge >= 0.3 is 18.2 Å². The van der Waals surface area contributed by atoms with E-state index in [0.29, 0.717) is 24.4 Å². The number of carbonyl (C=O) groups is 2. The van der Waals surface area contributed by atoms with Crippen LogP contribution in [0.15, 0.2) is 24.3 Å². The second kappa shape index (κ2) is 6.39. The highest BCUT2D eigenvalue weighted by Gasteiger charge is 2.38. The molecule has 22 heavy (non-hydrogen) atoms. The molecule has 8 heteroatoms. The van der Waals surface area contributed by atoms with E-state index in [9.17, 15) is 22.8 Å². The molecule has 0 bridgehead atoms. The van der Waals surface area contributed by atoms with Crippen molar-refractivity contribution in [1.82, 2.24) is 5.32 Å². The summed E-state index contributed by atoms with van der Waals surface area (Å²) < 4.78 is 40.6. The van der Waals surface area contributed by atoms with Crippen molar-refractivity contribution < 1.29 is 27.5 Å². The Balaban J connectivity index is 1.91. The summed E-state index contributed by atoms with van der Waals surface area (Å²) in [4.78, 5) is 23.4. The lowest BCUT2D eigenvalue weighted by molar-refractivity contribution is -0.173. The Morgan fingerprint density at radius 1 is 1.32 bits per heavy atom. The number of rotatable bonds is 2. The predicted molar refractivity (Wildman–Crippen MR) is 71.1 cm³/mol. The first kappa shape index (κ1) is 15.7. The average molecular weight is 312 g/mol. The zero-order chi connectivity index (χ0) is 16.2. The summed E-state index contributed by atoms with van der Waals surface area (Å²) in [7, 11) is 0. The van der Waals surface area contributed by atoms with E-state index in [1.807, 2.05) is 0 Å². The van der Waals surface area contributed by atoms with Gasteiger partial charge in [0.05, 0.1) is 13.1 Å². The highest BCUT2D eigenvalue weighted by atomic mass is 19.4. The second-order valence-corrected chi connectivity index (χ2v) is 4.30. The number of nitrogens with zero attached hydrogens (tertiary/aromatic N) is 1. The van der Waals surface area contributed by atoms with Crippen molar-refractivity contribution in [2.45, 2.75) is 6.18 Å². The van der Waals surface area contributed by atoms with Gasteiger partial charge in [-0.25, -0.2) is 4.79 Å². The molecule has 1 aliphatic heterocycles. The van der Waals surface area contributed by atoms with Crippen LogP contribution in [0.2, 0.25) is 0 Å². The van der Waals surface area contributed by atoms with E-state index in [4.69, 9.17) is 4.74 Å². The second-order valence-electron chi connectivity index (χ2n) is 4.30. The lowest BCUT2D eigenvalue weighted by atomic mass is 10.2. The Morgan fingerprint density at radius 2 is 2.00 bits per heavy atom. The number of hydrogen-bond donors (Lipinski definition) is 1. The third kappa shape index (κ3) is 3.91. The van der Waals surface area contributed by atoms with Crippen molar-refractivity contribution in [2.24, 2.45) is 0 Å². The number of halogens is 3. The van der Waals surface area contributed by atoms with Gasteiger partial charge in [-0.15, -0.1) is 0 Å². The maximum atomic E-state index is 11.9. The van der Waals surface area contributed by atoms with Crippen LogP contribution in [0.5, 0.6) is 0 Å². The summed E-state index contributed by atoms with van der Waals surface area (Å²) in [5.41, 5.74) is 1.20. The fourth-order valence-corrected chi connectivity index (χ4v) is 1.72. The summed E-state index contributed by atoms with van der Waals surface area (Å²) in [6.07, 6.45) is -5.33. The molecular formula is C14H11F3N2O3. The molecule has 1 N–H and O–H groups in total. The number of carbonyl (C=O) groups excluding carboxylic acids is 2. The van der Waals surface area contributed by atoms with Crippen LogP contribution in [0.3, 0.4) is 0 Å². The van der Waals surface area contributed by atoms with Crippen LogP contribution in [0.4, 0.5) is 23.7 Å². The van der Waals surface area contributed by atoms with Gasteiger partial charge in [0.1, 0.15) is 6.61 Å². The zero-order valence-electron chi connectivity index (χ0n) is 11.2. The Labute approximate surface area is 124 Å². The van der Waals surface area contributed by atoms with Gasteiger partial charge < -0.3 is 10.1 Å². The zero-order valence-corrected chi connectivity index (χ0v) is 11.2. The van der Waals surface area contributed by atoms with Gasteiger partial charge in [0, 0.05) is 11.3 Å². The molecule has 1 heterocycles. The highest BCUT2D eigenvalue weighted by Crippen LogP contribution is 2.18. The number of anilines is 1. The first-order valence-corrected chi connectivity index (χ1v) is 6.26. The van der Waals surface area contributed by atoms with Crippen LogP contribution in [-0.4, -0.2) is 37.9 Å². The average Bonchev–Trinajstić information content (AvgIpc) is 2.89. The Kier molecular flexibility index (Phi) is 4.56. The van der Waals surface area contributed by atoms with Gasteiger partial charge in [-0.1, -0.05) is 11.8 Å². The summed E-state index contributed by atoms with van der Waals surface area (Å²) in [6, 6.07) is 6.56. The van der Waals surface area contributed by atoms with Crippen molar-refractivity contribution in [2.75, 3.05) is 24.6 Å². The van der Waals surface area contributed by atoms with Gasteiger partial charge in [-0.2, -0.15) is 13.2 Å². The Hall–Kier alpha value is -2.69. The van der Waals surface area contributed by atoms with Crippen LogP contribution in [0.1, 0.15) is 5.56 Å². The van der Waals surface area contributed by atoms with Gasteiger partial charge in [-0.05, 0) is 24.3 Å². The fraction of sp³-hybridized carbons (Fsp3) is 0.286. The van der Waals surface area contributed by atoms with E-state index >= 15 is 0 Å². The molecule has 1 aromatic carbocycles. The highest BCUT2D eigenvalue weighted by molar-refractivity contribution is 5.89. The van der Waals surface area contributed by atoms with E-state index in [1.54, 1.807) is 29.6 Å². The van der Waals surface area contributed by atoms with Crippen molar-refractivity contribution in [3.05, 3.63) is 29.8 Å². The van der Waals surface area contributed by atoms with Gasteiger partial charge in [-0.3, -0.25) is 9.69 Å². The van der Waals surface area contributed by atoms with E-state index < -0.39 is 24.7 Å². The molecule has 0 atom stereocenters. The Morgan fingerprint density at radius 3 is 2.55 bits per heavy atom. The van der Waals surface area contributed by atoms with E-state index in [1.165, 1.54) is 4.90 Å². The summed E-state index contributed by atoms with van der Waals surface area (Å²) in [5, 5.41) is 1.65. The molecule has 0 saturated carbocycles. The van der Waals surface area contributed by atoms with Crippen LogP contribution in [0, 0.1) is 11.8 Å². The summed E-state index contributed by atoms with van der Waals surface area (Å²) in [6.45, 7) is 0.394. The number of benzene rings is 1. The third-order valence-electron chi connectivity index (χ3n) is 2.77. The van der Waals surface area contributed by atoms with Gasteiger partial charge in [0.2, 0.25) is 0 Å². The van der Waals surface area contributed by atoms with E-state index in [0.717, 1.165) is 0 Å². The van der Waals surface area contributed by atoms with Crippen molar-refractivity contribution in [3.63, 3.8) is 0 Å². The molecule has 1 saturated heterocycles. The largest absolute Gasteiger partial charge is 0.471 e. The number of hydrogen-bond acceptors (Lipinski definition) is 3. The maximum absolute atomic E-state index is 11.9. The molecular weight excluding hydrogens is 301 g/mol. The monoisotopic (exact) mass is 312 g/mol. The number of ether oxygens (including phenoxy) is 1. The first-order valence-electron chi connectivity index (χ1n) is 6.26. The van der Waals surface area contributed by atoms with Crippen molar-refractivity contribution >= 4 is 17.7 Å². The number of amides is 2. The van der Waals surface area contributed by atoms with Crippen LogP contribution < -0.4 is 10.2 Å². The van der Waals surface area contributed by atoms with Gasteiger partial charge in [0.15, 0.2) is 0 Å². The maximum Gasteiger partial charge on any atom is 0.471 e.